The summed E-state index contributed by atoms with van der Waals surface area (Å²) in [5.74, 6) is 0.322. The van der Waals surface area contributed by atoms with Gasteiger partial charge < -0.3 is 10.0 Å². The van der Waals surface area contributed by atoms with Gasteiger partial charge in [0, 0.05) is 30.2 Å². The molecule has 1 amide bonds. The predicted molar refractivity (Wildman–Crippen MR) is 75.6 cm³/mol. The number of nitro benzene ring substituents is 1. The second-order valence-corrected chi connectivity index (χ2v) is 5.88. The largest absolute Gasteiger partial charge is 0.373 e. The Morgan fingerprint density at radius 2 is 1.90 bits per heavy atom. The summed E-state index contributed by atoms with van der Waals surface area (Å²) in [6.45, 7) is 0.585. The summed E-state index contributed by atoms with van der Waals surface area (Å²) in [5, 5.41) is 21.0. The molecule has 3 atom stereocenters. The maximum Gasteiger partial charge on any atom is 0.269 e. The zero-order valence-electron chi connectivity index (χ0n) is 11.6. The fourth-order valence-electron chi connectivity index (χ4n) is 3.54. The van der Waals surface area contributed by atoms with E-state index < -0.39 is 11.2 Å². The molecular formula is C15H18N2O4. The molecule has 0 radical (unpaired) electrons. The Kier molecular flexibility index (Phi) is 3.63. The molecule has 1 aromatic rings. The van der Waals surface area contributed by atoms with Gasteiger partial charge in [0.25, 0.3) is 11.6 Å². The van der Waals surface area contributed by atoms with Crippen molar-refractivity contribution in [2.45, 2.75) is 31.9 Å². The van der Waals surface area contributed by atoms with E-state index in [2.05, 4.69) is 0 Å². The van der Waals surface area contributed by atoms with E-state index in [1.165, 1.54) is 29.2 Å². The first-order valence-corrected chi connectivity index (χ1v) is 7.31. The van der Waals surface area contributed by atoms with Crippen LogP contribution in [0.2, 0.25) is 0 Å². The number of aliphatic hydroxyl groups excluding tert-OH is 1. The van der Waals surface area contributed by atoms with Crippen molar-refractivity contribution in [1.82, 2.24) is 4.90 Å². The monoisotopic (exact) mass is 290 g/mol. The standard InChI is InChI=1S/C15H18N2O4/c18-14(10-5-7-12(8-6-10)17(20)21)16-9-11-3-1-2-4-13(11)15(16)19/h5-8,11,13,15,19H,1-4,9H2/t11-,13-,15+/m1/s1. The van der Waals surface area contributed by atoms with Crippen LogP contribution < -0.4 is 0 Å². The van der Waals surface area contributed by atoms with Gasteiger partial charge in [0.1, 0.15) is 6.23 Å². The highest BCUT2D eigenvalue weighted by Crippen LogP contribution is 2.39. The highest BCUT2D eigenvalue weighted by molar-refractivity contribution is 5.94. The van der Waals surface area contributed by atoms with Crippen LogP contribution in [0.25, 0.3) is 0 Å². The number of carbonyl (C=O) groups is 1. The molecule has 0 spiro atoms. The van der Waals surface area contributed by atoms with Crippen LogP contribution in [0.1, 0.15) is 36.0 Å². The van der Waals surface area contributed by atoms with Crippen molar-refractivity contribution in [3.05, 3.63) is 39.9 Å². The summed E-state index contributed by atoms with van der Waals surface area (Å²) < 4.78 is 0. The average Bonchev–Trinajstić information content (AvgIpc) is 2.84. The third-order valence-corrected chi connectivity index (χ3v) is 4.69. The van der Waals surface area contributed by atoms with Gasteiger partial charge in [-0.15, -0.1) is 0 Å². The number of hydrogen-bond donors (Lipinski definition) is 1. The van der Waals surface area contributed by atoms with E-state index in [1.807, 2.05) is 0 Å². The molecule has 1 aromatic carbocycles. The van der Waals surface area contributed by atoms with Crippen molar-refractivity contribution in [2.75, 3.05) is 6.54 Å². The number of hydrogen-bond acceptors (Lipinski definition) is 4. The van der Waals surface area contributed by atoms with Crippen molar-refractivity contribution >= 4 is 11.6 Å². The lowest BCUT2D eigenvalue weighted by atomic mass is 9.81. The molecule has 112 valence electrons. The zero-order valence-corrected chi connectivity index (χ0v) is 11.6. The lowest BCUT2D eigenvalue weighted by molar-refractivity contribution is -0.384. The summed E-state index contributed by atoms with van der Waals surface area (Å²) in [6.07, 6.45) is 3.57. The lowest BCUT2D eigenvalue weighted by Crippen LogP contribution is -2.37. The molecule has 0 bridgehead atoms. The second kappa shape index (κ2) is 5.44. The topological polar surface area (TPSA) is 83.7 Å². The summed E-state index contributed by atoms with van der Waals surface area (Å²) in [5.41, 5.74) is 0.348. The fourth-order valence-corrected chi connectivity index (χ4v) is 3.54. The molecule has 0 unspecified atom stereocenters. The van der Waals surface area contributed by atoms with Crippen molar-refractivity contribution < 1.29 is 14.8 Å². The van der Waals surface area contributed by atoms with Crippen molar-refractivity contribution in [1.29, 1.82) is 0 Å². The molecule has 21 heavy (non-hydrogen) atoms. The number of aliphatic hydroxyl groups is 1. The second-order valence-electron chi connectivity index (χ2n) is 5.88. The molecule has 1 heterocycles. The SMILES string of the molecule is O=C(c1ccc([N+](=O)[O-])cc1)N1C[C@H]2CCCC[C@H]2[C@@H]1O. The molecule has 2 fully saturated rings. The Morgan fingerprint density at radius 1 is 1.24 bits per heavy atom. The van der Waals surface area contributed by atoms with Crippen LogP contribution in [0.3, 0.4) is 0 Å². The number of rotatable bonds is 2. The molecular weight excluding hydrogens is 272 g/mol. The Labute approximate surface area is 122 Å². The summed E-state index contributed by atoms with van der Waals surface area (Å²) in [7, 11) is 0. The lowest BCUT2D eigenvalue weighted by Gasteiger charge is -2.26. The minimum atomic E-state index is -0.724. The van der Waals surface area contributed by atoms with Crippen LogP contribution in [-0.2, 0) is 0 Å². The third kappa shape index (κ3) is 2.51. The molecule has 1 saturated carbocycles. The molecule has 6 heteroatoms. The molecule has 6 nitrogen and oxygen atoms in total. The van der Waals surface area contributed by atoms with E-state index in [-0.39, 0.29) is 17.5 Å². The first-order chi connectivity index (χ1) is 10.1. The maximum atomic E-state index is 12.5. The summed E-state index contributed by atoms with van der Waals surface area (Å²) in [6, 6.07) is 5.55. The molecule has 1 N–H and O–H groups in total. The summed E-state index contributed by atoms with van der Waals surface area (Å²) in [4.78, 5) is 24.1. The number of nitro groups is 1. The Bertz CT molecular complexity index is 557. The van der Waals surface area contributed by atoms with Gasteiger partial charge in [-0.25, -0.2) is 0 Å². The first kappa shape index (κ1) is 14.0. The number of nitrogens with zero attached hydrogens (tertiary/aromatic N) is 2. The number of benzene rings is 1. The Morgan fingerprint density at radius 3 is 2.52 bits per heavy atom. The molecule has 1 saturated heterocycles. The maximum absolute atomic E-state index is 12.5. The smallest absolute Gasteiger partial charge is 0.269 e. The van der Waals surface area contributed by atoms with Crippen molar-refractivity contribution in [3.63, 3.8) is 0 Å². The fraction of sp³-hybridized carbons (Fsp3) is 0.533. The minimum Gasteiger partial charge on any atom is -0.373 e. The van der Waals surface area contributed by atoms with Crippen LogP contribution in [0.5, 0.6) is 0 Å². The van der Waals surface area contributed by atoms with Gasteiger partial charge in [0.05, 0.1) is 4.92 Å². The van der Waals surface area contributed by atoms with E-state index in [0.717, 1.165) is 25.7 Å². The number of non-ortho nitro benzene ring substituents is 1. The first-order valence-electron chi connectivity index (χ1n) is 7.31. The minimum absolute atomic E-state index is 0.0396. The molecule has 3 rings (SSSR count). The number of carbonyl (C=O) groups excluding carboxylic acids is 1. The van der Waals surface area contributed by atoms with Gasteiger partial charge in [-0.05, 0) is 30.9 Å². The summed E-state index contributed by atoms with van der Waals surface area (Å²) >= 11 is 0. The van der Waals surface area contributed by atoms with E-state index in [1.54, 1.807) is 0 Å². The number of likely N-dealkylation sites (tertiary alicyclic amines) is 1. The molecule has 2 aliphatic rings. The van der Waals surface area contributed by atoms with Gasteiger partial charge in [-0.2, -0.15) is 0 Å². The molecule has 0 aromatic heterocycles. The van der Waals surface area contributed by atoms with Crippen LogP contribution in [-0.4, -0.2) is 33.6 Å². The highest BCUT2D eigenvalue weighted by atomic mass is 16.6. The van der Waals surface area contributed by atoms with E-state index in [9.17, 15) is 20.0 Å². The molecule has 1 aliphatic heterocycles. The van der Waals surface area contributed by atoms with E-state index >= 15 is 0 Å². The van der Waals surface area contributed by atoms with Gasteiger partial charge in [-0.3, -0.25) is 14.9 Å². The quantitative estimate of drug-likeness (QED) is 0.668. The van der Waals surface area contributed by atoms with Crippen LogP contribution in [0.15, 0.2) is 24.3 Å². The van der Waals surface area contributed by atoms with Gasteiger partial charge in [-0.1, -0.05) is 12.8 Å². The van der Waals surface area contributed by atoms with Crippen molar-refractivity contribution in [2.24, 2.45) is 11.8 Å². The Balaban J connectivity index is 1.77. The van der Waals surface area contributed by atoms with E-state index in [0.29, 0.717) is 18.0 Å². The van der Waals surface area contributed by atoms with Gasteiger partial charge >= 0.3 is 0 Å². The van der Waals surface area contributed by atoms with Crippen molar-refractivity contribution in [3.8, 4) is 0 Å². The van der Waals surface area contributed by atoms with Gasteiger partial charge in [0.15, 0.2) is 0 Å². The molecule has 1 aliphatic carbocycles. The Hall–Kier alpha value is -1.95. The van der Waals surface area contributed by atoms with Crippen LogP contribution >= 0.6 is 0 Å². The number of fused-ring (bicyclic) bond motifs is 1. The van der Waals surface area contributed by atoms with Crippen LogP contribution in [0, 0.1) is 22.0 Å². The number of amides is 1. The highest BCUT2D eigenvalue weighted by Gasteiger charge is 2.43. The average molecular weight is 290 g/mol. The normalized spacial score (nSPS) is 28.2. The predicted octanol–water partition coefficient (Wildman–Crippen LogP) is 2.18. The third-order valence-electron chi connectivity index (χ3n) is 4.69. The zero-order chi connectivity index (χ0) is 15.0. The van der Waals surface area contributed by atoms with E-state index in [4.69, 9.17) is 0 Å². The van der Waals surface area contributed by atoms with Crippen LogP contribution in [0.4, 0.5) is 5.69 Å². The van der Waals surface area contributed by atoms with Gasteiger partial charge in [0.2, 0.25) is 0 Å².